The molecule has 0 amide bonds. The molecule has 1 saturated carbocycles. The van der Waals surface area contributed by atoms with Crippen LogP contribution in [0.15, 0.2) is 54.6 Å². The van der Waals surface area contributed by atoms with Crippen molar-refractivity contribution in [1.82, 2.24) is 0 Å². The second-order valence-electron chi connectivity index (χ2n) is 6.36. The number of ketones is 1. The van der Waals surface area contributed by atoms with Gasteiger partial charge in [0.25, 0.3) is 0 Å². The van der Waals surface area contributed by atoms with Gasteiger partial charge in [-0.3, -0.25) is 4.79 Å². The van der Waals surface area contributed by atoms with Crippen molar-refractivity contribution in [2.45, 2.75) is 32.1 Å². The molecule has 0 bridgehead atoms. The van der Waals surface area contributed by atoms with Gasteiger partial charge in [0, 0.05) is 11.1 Å². The summed E-state index contributed by atoms with van der Waals surface area (Å²) in [6.45, 7) is 0. The predicted octanol–water partition coefficient (Wildman–Crippen LogP) is 5.37. The Hall–Kier alpha value is -2.15. The molecule has 110 valence electrons. The van der Waals surface area contributed by atoms with Crippen LogP contribution in [0.2, 0.25) is 0 Å². The molecule has 1 heteroatoms. The van der Waals surface area contributed by atoms with Gasteiger partial charge in [0.2, 0.25) is 0 Å². The van der Waals surface area contributed by atoms with E-state index in [9.17, 15) is 4.79 Å². The van der Waals surface area contributed by atoms with Gasteiger partial charge in [-0.25, -0.2) is 0 Å². The average molecular weight is 288 g/mol. The third-order valence-electron chi connectivity index (χ3n) is 5.03. The summed E-state index contributed by atoms with van der Waals surface area (Å²) < 4.78 is 0. The minimum atomic E-state index is 0.211. The number of hydrogen-bond donors (Lipinski definition) is 0. The van der Waals surface area contributed by atoms with Crippen LogP contribution in [0.25, 0.3) is 11.1 Å². The topological polar surface area (TPSA) is 17.1 Å². The Labute approximate surface area is 131 Å². The maximum Gasteiger partial charge on any atom is 0.194 e. The molecule has 0 unspecified atom stereocenters. The molecule has 0 aromatic heterocycles. The van der Waals surface area contributed by atoms with Crippen molar-refractivity contribution in [3.63, 3.8) is 0 Å². The van der Waals surface area contributed by atoms with Crippen molar-refractivity contribution in [2.75, 3.05) is 0 Å². The number of allylic oxidation sites excluding steroid dienone is 2. The molecule has 0 radical (unpaired) electrons. The lowest BCUT2D eigenvalue weighted by atomic mass is 9.80. The summed E-state index contributed by atoms with van der Waals surface area (Å²) in [4.78, 5) is 13.0. The van der Waals surface area contributed by atoms with E-state index in [2.05, 4.69) is 24.3 Å². The van der Waals surface area contributed by atoms with E-state index >= 15 is 0 Å². The first-order valence-corrected chi connectivity index (χ1v) is 8.30. The summed E-state index contributed by atoms with van der Waals surface area (Å²) in [5.41, 5.74) is 5.41. The Morgan fingerprint density at radius 3 is 2.09 bits per heavy atom. The minimum Gasteiger partial charge on any atom is -0.289 e. The number of rotatable bonds is 2. The normalized spacial score (nSPS) is 18.6. The summed E-state index contributed by atoms with van der Waals surface area (Å²) >= 11 is 0. The summed E-state index contributed by atoms with van der Waals surface area (Å²) in [7, 11) is 0. The van der Waals surface area contributed by atoms with Crippen molar-refractivity contribution in [1.29, 1.82) is 0 Å². The lowest BCUT2D eigenvalue weighted by Crippen LogP contribution is -2.09. The highest BCUT2D eigenvalue weighted by molar-refractivity contribution is 6.40. The van der Waals surface area contributed by atoms with Gasteiger partial charge in [0.15, 0.2) is 5.78 Å². The lowest BCUT2D eigenvalue weighted by Gasteiger charge is -2.24. The van der Waals surface area contributed by atoms with Crippen LogP contribution in [-0.4, -0.2) is 5.78 Å². The smallest absolute Gasteiger partial charge is 0.194 e. The Bertz CT molecular complexity index is 734. The highest BCUT2D eigenvalue weighted by Gasteiger charge is 2.34. The fraction of sp³-hybridized carbons (Fsp3) is 0.286. The quantitative estimate of drug-likeness (QED) is 0.725. The minimum absolute atomic E-state index is 0.211. The molecule has 2 aromatic rings. The largest absolute Gasteiger partial charge is 0.289 e. The van der Waals surface area contributed by atoms with Crippen molar-refractivity contribution >= 4 is 16.9 Å². The molecule has 1 nitrogen and oxygen atoms in total. The van der Waals surface area contributed by atoms with Crippen LogP contribution in [-0.2, 0) is 0 Å². The first kappa shape index (κ1) is 13.5. The average Bonchev–Trinajstić information content (AvgIpc) is 2.90. The second-order valence-corrected chi connectivity index (χ2v) is 6.36. The maximum absolute atomic E-state index is 13.0. The number of fused-ring (bicyclic) bond motifs is 1. The molecule has 1 fully saturated rings. The van der Waals surface area contributed by atoms with Crippen LogP contribution in [0, 0.1) is 5.92 Å². The Morgan fingerprint density at radius 1 is 0.727 bits per heavy atom. The van der Waals surface area contributed by atoms with Gasteiger partial charge in [0.1, 0.15) is 0 Å². The van der Waals surface area contributed by atoms with E-state index in [0.717, 1.165) is 16.7 Å². The number of benzene rings is 2. The van der Waals surface area contributed by atoms with E-state index in [1.54, 1.807) is 0 Å². The van der Waals surface area contributed by atoms with Gasteiger partial charge in [-0.2, -0.15) is 0 Å². The molecule has 2 aliphatic carbocycles. The molecule has 2 aromatic carbocycles. The van der Waals surface area contributed by atoms with E-state index in [0.29, 0.717) is 5.92 Å². The van der Waals surface area contributed by atoms with Crippen LogP contribution in [0.5, 0.6) is 0 Å². The van der Waals surface area contributed by atoms with Crippen molar-refractivity contribution in [3.8, 4) is 0 Å². The molecule has 22 heavy (non-hydrogen) atoms. The lowest BCUT2D eigenvalue weighted by molar-refractivity contribution is 0.105. The van der Waals surface area contributed by atoms with Crippen LogP contribution >= 0.6 is 0 Å². The van der Waals surface area contributed by atoms with Gasteiger partial charge in [-0.15, -0.1) is 0 Å². The van der Waals surface area contributed by atoms with Crippen molar-refractivity contribution < 1.29 is 4.79 Å². The van der Waals surface area contributed by atoms with Gasteiger partial charge < -0.3 is 0 Å². The SMILES string of the molecule is O=C1C(c2ccccc2)=C(C2CCCCC2)c2ccccc21. The molecule has 0 saturated heterocycles. The third-order valence-corrected chi connectivity index (χ3v) is 5.03. The van der Waals surface area contributed by atoms with Gasteiger partial charge >= 0.3 is 0 Å². The molecular weight excluding hydrogens is 268 g/mol. The van der Waals surface area contributed by atoms with Gasteiger partial charge in [-0.1, -0.05) is 73.9 Å². The van der Waals surface area contributed by atoms with E-state index in [1.807, 2.05) is 30.3 Å². The molecule has 2 aliphatic rings. The first-order chi connectivity index (χ1) is 10.9. The maximum atomic E-state index is 13.0. The number of Topliss-reactive ketones (excluding diaryl/α,β-unsaturated/α-hetero) is 1. The molecule has 0 spiro atoms. The third kappa shape index (κ3) is 2.12. The Morgan fingerprint density at radius 2 is 1.36 bits per heavy atom. The van der Waals surface area contributed by atoms with Crippen LogP contribution in [0.3, 0.4) is 0 Å². The summed E-state index contributed by atoms with van der Waals surface area (Å²) in [5, 5.41) is 0. The highest BCUT2D eigenvalue weighted by atomic mass is 16.1. The number of hydrogen-bond acceptors (Lipinski definition) is 1. The molecule has 0 aliphatic heterocycles. The van der Waals surface area contributed by atoms with Gasteiger partial charge in [0.05, 0.1) is 0 Å². The monoisotopic (exact) mass is 288 g/mol. The van der Waals surface area contributed by atoms with E-state index in [4.69, 9.17) is 0 Å². The highest BCUT2D eigenvalue weighted by Crippen LogP contribution is 2.46. The Balaban J connectivity index is 1.91. The van der Waals surface area contributed by atoms with Crippen LogP contribution < -0.4 is 0 Å². The standard InChI is InChI=1S/C21H20O/c22-21-18-14-8-7-13-17(18)19(15-9-3-1-4-10-15)20(21)16-11-5-2-6-12-16/h2,5-8,11-15H,1,3-4,9-10H2. The van der Waals surface area contributed by atoms with Crippen LogP contribution in [0.1, 0.15) is 53.6 Å². The zero-order valence-corrected chi connectivity index (χ0v) is 12.7. The van der Waals surface area contributed by atoms with Crippen LogP contribution in [0.4, 0.5) is 0 Å². The molecule has 0 heterocycles. The van der Waals surface area contributed by atoms with E-state index < -0.39 is 0 Å². The number of carbonyl (C=O) groups is 1. The summed E-state index contributed by atoms with van der Waals surface area (Å²) in [6, 6.07) is 18.4. The fourth-order valence-electron chi connectivity index (χ4n) is 4.01. The van der Waals surface area contributed by atoms with Gasteiger partial charge in [-0.05, 0) is 35.5 Å². The first-order valence-electron chi connectivity index (χ1n) is 8.30. The molecule has 4 rings (SSSR count). The van der Waals surface area contributed by atoms with Crippen molar-refractivity contribution in [3.05, 3.63) is 71.3 Å². The molecular formula is C21H20O. The Kier molecular flexibility index (Phi) is 3.42. The second kappa shape index (κ2) is 5.57. The van der Waals surface area contributed by atoms with E-state index in [1.165, 1.54) is 43.2 Å². The summed E-state index contributed by atoms with van der Waals surface area (Å²) in [5.74, 6) is 0.749. The summed E-state index contributed by atoms with van der Waals surface area (Å²) in [6.07, 6.45) is 6.33. The molecule has 0 N–H and O–H groups in total. The van der Waals surface area contributed by atoms with E-state index in [-0.39, 0.29) is 5.78 Å². The number of carbonyl (C=O) groups excluding carboxylic acids is 1. The zero-order chi connectivity index (χ0) is 14.9. The van der Waals surface area contributed by atoms with Crippen molar-refractivity contribution in [2.24, 2.45) is 5.92 Å². The molecule has 0 atom stereocenters. The predicted molar refractivity (Wildman–Crippen MR) is 90.6 cm³/mol. The zero-order valence-electron chi connectivity index (χ0n) is 12.7. The fourth-order valence-corrected chi connectivity index (χ4v) is 4.01.